The molecule has 2 aromatic carbocycles. The van der Waals surface area contributed by atoms with Crippen LogP contribution in [0.4, 0.5) is 0 Å². The Labute approximate surface area is 254 Å². The van der Waals surface area contributed by atoms with E-state index in [0.29, 0.717) is 74.3 Å². The number of carbonyl (C=O) groups is 3. The van der Waals surface area contributed by atoms with Crippen molar-refractivity contribution >= 4 is 44.4 Å². The summed E-state index contributed by atoms with van der Waals surface area (Å²) in [6.07, 6.45) is 7.27. The Kier molecular flexibility index (Phi) is 10.3. The van der Waals surface area contributed by atoms with Gasteiger partial charge in [0.15, 0.2) is 6.23 Å². The Bertz CT molecular complexity index is 1300. The number of imide groups is 1. The largest absolute Gasteiger partial charge is 0.369 e. The third-order valence-electron chi connectivity index (χ3n) is 8.93. The molecule has 3 atom stereocenters. The molecule has 0 spiro atoms. The molecule has 224 valence electrons. The summed E-state index contributed by atoms with van der Waals surface area (Å²) >= 11 is 3.59. The molecule has 3 amide bonds. The maximum atomic E-state index is 13.7. The zero-order chi connectivity index (χ0) is 30.0. The van der Waals surface area contributed by atoms with Crippen molar-refractivity contribution in [1.82, 2.24) is 9.80 Å². The molecule has 0 fully saturated rings. The van der Waals surface area contributed by atoms with Crippen LogP contribution < -0.4 is 0 Å². The molecule has 0 bridgehead atoms. The Hall–Kier alpha value is -2.25. The number of rotatable bonds is 14. The van der Waals surface area contributed by atoms with Gasteiger partial charge in [-0.2, -0.15) is 0 Å². The molecule has 0 radical (unpaired) electrons. The van der Waals surface area contributed by atoms with Gasteiger partial charge in [-0.25, -0.2) is 0 Å². The van der Waals surface area contributed by atoms with Crippen molar-refractivity contribution in [2.45, 2.75) is 99.1 Å². The smallest absolute Gasteiger partial charge is 0.262 e. The van der Waals surface area contributed by atoms with Crippen molar-refractivity contribution in [2.24, 2.45) is 23.7 Å². The molecule has 1 N–H and O–H groups in total. The zero-order valence-electron chi connectivity index (χ0n) is 25.6. The first-order valence-electron chi connectivity index (χ1n) is 15.6. The second-order valence-electron chi connectivity index (χ2n) is 13.3. The van der Waals surface area contributed by atoms with Gasteiger partial charge in [0.25, 0.3) is 17.7 Å². The van der Waals surface area contributed by atoms with Gasteiger partial charge in [0.2, 0.25) is 0 Å². The lowest BCUT2D eigenvalue weighted by atomic mass is 9.85. The van der Waals surface area contributed by atoms with Gasteiger partial charge in [-0.1, -0.05) is 80.1 Å². The molecule has 0 saturated heterocycles. The predicted molar refractivity (Wildman–Crippen MR) is 168 cm³/mol. The van der Waals surface area contributed by atoms with Crippen LogP contribution in [-0.2, 0) is 0 Å². The number of hydrogen-bond acceptors (Lipinski definition) is 4. The van der Waals surface area contributed by atoms with E-state index < -0.39 is 6.23 Å². The van der Waals surface area contributed by atoms with Crippen LogP contribution in [0.2, 0.25) is 0 Å². The number of aliphatic hydroxyl groups is 1. The van der Waals surface area contributed by atoms with Gasteiger partial charge in [-0.05, 0) is 70.6 Å². The first kappa shape index (κ1) is 31.7. The molecular formula is C34H47BrN2O4. The third-order valence-corrected chi connectivity index (χ3v) is 9.55. The van der Waals surface area contributed by atoms with Crippen LogP contribution >= 0.6 is 15.9 Å². The van der Waals surface area contributed by atoms with Crippen molar-refractivity contribution in [3.8, 4) is 0 Å². The summed E-state index contributed by atoms with van der Waals surface area (Å²) in [5.74, 6) is 1.28. The van der Waals surface area contributed by atoms with E-state index in [9.17, 15) is 19.5 Å². The lowest BCUT2D eigenvalue weighted by Gasteiger charge is -2.37. The number of amides is 3. The first-order valence-corrected chi connectivity index (χ1v) is 16.4. The van der Waals surface area contributed by atoms with Crippen molar-refractivity contribution < 1.29 is 19.5 Å². The van der Waals surface area contributed by atoms with Gasteiger partial charge < -0.3 is 10.0 Å². The minimum absolute atomic E-state index is 0.253. The van der Waals surface area contributed by atoms with E-state index in [0.717, 1.165) is 38.5 Å². The Morgan fingerprint density at radius 1 is 0.732 bits per heavy atom. The molecule has 41 heavy (non-hydrogen) atoms. The number of carbonyl (C=O) groups excluding carboxylic acids is 3. The third kappa shape index (κ3) is 6.72. The average Bonchev–Trinajstić information content (AvgIpc) is 2.90. The maximum Gasteiger partial charge on any atom is 0.262 e. The Balaban J connectivity index is 1.56. The minimum atomic E-state index is -1.13. The molecular weight excluding hydrogens is 580 g/mol. The lowest BCUT2D eigenvalue weighted by molar-refractivity contribution is 0.00266. The number of benzene rings is 2. The summed E-state index contributed by atoms with van der Waals surface area (Å²) in [4.78, 5) is 43.9. The molecule has 4 rings (SSSR count). The molecule has 2 aromatic rings. The SMILES string of the molecule is CC(C)CCCC(C)CCN1C(=O)c2ccc3c4c(cc(Br)c(c24)C1=O)C(O)N(CCC(C)CCCC(C)C)C3=O. The molecule has 2 heterocycles. The van der Waals surface area contributed by atoms with E-state index >= 15 is 0 Å². The second-order valence-corrected chi connectivity index (χ2v) is 14.2. The summed E-state index contributed by atoms with van der Waals surface area (Å²) in [5.41, 5.74) is 1.82. The molecule has 0 aliphatic carbocycles. The molecule has 0 saturated carbocycles. The van der Waals surface area contributed by atoms with E-state index in [1.165, 1.54) is 22.6 Å². The van der Waals surface area contributed by atoms with Crippen LogP contribution in [0.15, 0.2) is 22.7 Å². The van der Waals surface area contributed by atoms with E-state index in [1.54, 1.807) is 18.2 Å². The van der Waals surface area contributed by atoms with Crippen LogP contribution in [-0.4, -0.2) is 45.7 Å². The number of hydrogen-bond donors (Lipinski definition) is 1. The lowest BCUT2D eigenvalue weighted by Crippen LogP contribution is -2.43. The van der Waals surface area contributed by atoms with Gasteiger partial charge >= 0.3 is 0 Å². The first-order chi connectivity index (χ1) is 19.4. The fourth-order valence-corrected chi connectivity index (χ4v) is 6.93. The molecule has 6 nitrogen and oxygen atoms in total. The monoisotopic (exact) mass is 626 g/mol. The fourth-order valence-electron chi connectivity index (χ4n) is 6.31. The predicted octanol–water partition coefficient (Wildman–Crippen LogP) is 8.35. The van der Waals surface area contributed by atoms with Crippen LogP contribution in [0.3, 0.4) is 0 Å². The van der Waals surface area contributed by atoms with E-state index in [2.05, 4.69) is 57.5 Å². The van der Waals surface area contributed by atoms with Crippen molar-refractivity contribution in [2.75, 3.05) is 13.1 Å². The molecule has 2 aliphatic heterocycles. The van der Waals surface area contributed by atoms with E-state index in [4.69, 9.17) is 0 Å². The van der Waals surface area contributed by atoms with Gasteiger partial charge in [-0.3, -0.25) is 19.3 Å². The summed E-state index contributed by atoms with van der Waals surface area (Å²) in [6.45, 7) is 14.1. The van der Waals surface area contributed by atoms with Crippen LogP contribution in [0.5, 0.6) is 0 Å². The van der Waals surface area contributed by atoms with Gasteiger partial charge in [0, 0.05) is 45.0 Å². The van der Waals surface area contributed by atoms with Crippen LogP contribution in [0, 0.1) is 23.7 Å². The highest BCUT2D eigenvalue weighted by Gasteiger charge is 2.40. The highest BCUT2D eigenvalue weighted by Crippen LogP contribution is 2.44. The summed E-state index contributed by atoms with van der Waals surface area (Å²) < 4.78 is 0.543. The quantitative estimate of drug-likeness (QED) is 0.214. The fraction of sp³-hybridized carbons (Fsp3) is 0.618. The highest BCUT2D eigenvalue weighted by molar-refractivity contribution is 9.10. The number of aliphatic hydroxyl groups excluding tert-OH is 1. The summed E-state index contributed by atoms with van der Waals surface area (Å²) in [7, 11) is 0. The van der Waals surface area contributed by atoms with E-state index in [-0.39, 0.29) is 17.7 Å². The molecule has 3 unspecified atom stereocenters. The standard InChI is InChI=1S/C34H47BrN2O4/c1-20(2)9-7-11-22(5)15-17-36-31(38)24-13-14-25-29-28(24)26(33(36)40)19-27(35)30(29)34(41)37(32(25)39)18-16-23(6)12-8-10-21(3)4/h13-14,19-23,33,40H,7-12,15-18H2,1-6H3. The maximum absolute atomic E-state index is 13.7. The topological polar surface area (TPSA) is 77.9 Å². The summed E-state index contributed by atoms with van der Waals surface area (Å²) in [6, 6.07) is 5.15. The molecule has 2 aliphatic rings. The zero-order valence-corrected chi connectivity index (χ0v) is 27.2. The van der Waals surface area contributed by atoms with Crippen molar-refractivity contribution in [1.29, 1.82) is 0 Å². The van der Waals surface area contributed by atoms with Gasteiger partial charge in [-0.15, -0.1) is 0 Å². The van der Waals surface area contributed by atoms with E-state index in [1.807, 2.05) is 0 Å². The molecule has 0 aromatic heterocycles. The van der Waals surface area contributed by atoms with Gasteiger partial charge in [0.05, 0.1) is 5.56 Å². The number of halogens is 1. The Morgan fingerprint density at radius 3 is 1.83 bits per heavy atom. The van der Waals surface area contributed by atoms with Crippen molar-refractivity contribution in [3.05, 3.63) is 44.9 Å². The number of nitrogens with zero attached hydrogens (tertiary/aromatic N) is 2. The summed E-state index contributed by atoms with van der Waals surface area (Å²) in [5, 5.41) is 12.4. The van der Waals surface area contributed by atoms with Crippen LogP contribution in [0.25, 0.3) is 10.8 Å². The molecule has 7 heteroatoms. The van der Waals surface area contributed by atoms with Crippen LogP contribution in [0.1, 0.15) is 136 Å². The normalized spacial score (nSPS) is 18.3. The Morgan fingerprint density at radius 2 is 1.27 bits per heavy atom. The average molecular weight is 628 g/mol. The minimum Gasteiger partial charge on any atom is -0.369 e. The van der Waals surface area contributed by atoms with Gasteiger partial charge in [0.1, 0.15) is 0 Å². The second kappa shape index (κ2) is 13.4. The van der Waals surface area contributed by atoms with Crippen molar-refractivity contribution in [3.63, 3.8) is 0 Å². The highest BCUT2D eigenvalue weighted by atomic mass is 79.9.